The van der Waals surface area contributed by atoms with Gasteiger partial charge < -0.3 is 10.5 Å². The van der Waals surface area contributed by atoms with Crippen LogP contribution in [0.1, 0.15) is 12.1 Å². The van der Waals surface area contributed by atoms with Crippen LogP contribution >= 0.6 is 0 Å². The number of carbonyl (C=O) groups is 1. The van der Waals surface area contributed by atoms with Crippen molar-refractivity contribution in [3.05, 3.63) is 36.0 Å². The topological polar surface area (TPSA) is 91.2 Å². The molecule has 0 aliphatic rings. The number of nitrogens with one attached hydrogen (secondary N) is 1. The molecule has 104 valence electrons. The van der Waals surface area contributed by atoms with Crippen molar-refractivity contribution in [3.8, 4) is 5.75 Å². The van der Waals surface area contributed by atoms with Crippen molar-refractivity contribution in [1.29, 1.82) is 0 Å². The summed E-state index contributed by atoms with van der Waals surface area (Å²) in [5, 5.41) is 4.85. The number of rotatable bonds is 5. The van der Waals surface area contributed by atoms with Crippen LogP contribution in [-0.4, -0.2) is 30.8 Å². The van der Waals surface area contributed by atoms with Gasteiger partial charge in [0.1, 0.15) is 5.75 Å². The van der Waals surface area contributed by atoms with Gasteiger partial charge in [-0.2, -0.15) is 5.10 Å². The molecule has 0 aliphatic carbocycles. The van der Waals surface area contributed by atoms with E-state index in [1.54, 1.807) is 7.11 Å². The predicted molar refractivity (Wildman–Crippen MR) is 76.4 cm³/mol. The van der Waals surface area contributed by atoms with E-state index in [2.05, 4.69) is 21.2 Å². The minimum Gasteiger partial charge on any atom is -0.497 e. The number of hydrazone groups is 1. The highest BCUT2D eigenvalue weighted by molar-refractivity contribution is 5.86. The molecule has 0 unspecified atom stereocenters. The van der Waals surface area contributed by atoms with Gasteiger partial charge in [-0.3, -0.25) is 4.79 Å². The Bertz CT molecular complexity index is 640. The highest BCUT2D eigenvalue weighted by Gasteiger charge is 2.00. The molecule has 0 aliphatic heterocycles. The van der Waals surface area contributed by atoms with E-state index in [0.717, 1.165) is 16.7 Å². The maximum atomic E-state index is 11.2. The van der Waals surface area contributed by atoms with Crippen LogP contribution in [0, 0.1) is 0 Å². The molecule has 6 nitrogen and oxygen atoms in total. The molecule has 1 amide bonds. The first-order valence-electron chi connectivity index (χ1n) is 6.29. The number of amides is 1. The summed E-state index contributed by atoms with van der Waals surface area (Å²) in [5.74, 6) is 0.642. The van der Waals surface area contributed by atoms with E-state index in [0.29, 0.717) is 18.7 Å². The van der Waals surface area contributed by atoms with E-state index in [1.165, 1.54) is 6.21 Å². The van der Waals surface area contributed by atoms with Crippen LogP contribution in [-0.2, 0) is 4.79 Å². The van der Waals surface area contributed by atoms with Gasteiger partial charge >= 0.3 is 0 Å². The van der Waals surface area contributed by atoms with Crippen LogP contribution in [0.5, 0.6) is 5.75 Å². The van der Waals surface area contributed by atoms with Crippen LogP contribution in [0.15, 0.2) is 35.4 Å². The Balaban J connectivity index is 2.12. The first-order chi connectivity index (χ1) is 9.72. The Morgan fingerprint density at radius 3 is 3.05 bits per heavy atom. The number of hydrogen-bond donors (Lipinski definition) is 2. The molecule has 20 heavy (non-hydrogen) atoms. The van der Waals surface area contributed by atoms with Gasteiger partial charge in [0, 0.05) is 5.39 Å². The van der Waals surface area contributed by atoms with E-state index < -0.39 is 0 Å². The average Bonchev–Trinajstić information content (AvgIpc) is 2.47. The standard InChI is InChI=1S/C14H16N4O2/c1-20-12-4-5-13-10(8-12)2-3-11(17-13)9-16-18-14(19)6-7-15/h2-5,8-9H,6-7,15H2,1H3,(H,18,19)/p+1. The summed E-state index contributed by atoms with van der Waals surface area (Å²) in [4.78, 5) is 15.6. The highest BCUT2D eigenvalue weighted by atomic mass is 16.5. The van der Waals surface area contributed by atoms with Crippen LogP contribution in [0.25, 0.3) is 10.9 Å². The van der Waals surface area contributed by atoms with Crippen molar-refractivity contribution in [2.45, 2.75) is 6.42 Å². The number of aromatic nitrogens is 1. The summed E-state index contributed by atoms with van der Waals surface area (Å²) in [7, 11) is 1.63. The van der Waals surface area contributed by atoms with Crippen molar-refractivity contribution in [3.63, 3.8) is 0 Å². The number of hydrogen-bond acceptors (Lipinski definition) is 4. The lowest BCUT2D eigenvalue weighted by Crippen LogP contribution is -2.51. The molecule has 0 radical (unpaired) electrons. The second kappa shape index (κ2) is 6.63. The number of benzene rings is 1. The molecule has 1 heterocycles. The van der Waals surface area contributed by atoms with Crippen molar-refractivity contribution in [1.82, 2.24) is 10.4 Å². The van der Waals surface area contributed by atoms with Gasteiger partial charge in [-0.1, -0.05) is 6.07 Å². The number of nitrogens with zero attached hydrogens (tertiary/aromatic N) is 2. The second-order valence-electron chi connectivity index (χ2n) is 4.19. The van der Waals surface area contributed by atoms with Crippen molar-refractivity contribution >= 4 is 23.0 Å². The van der Waals surface area contributed by atoms with Crippen molar-refractivity contribution in [2.75, 3.05) is 13.7 Å². The molecule has 0 fully saturated rings. The Labute approximate surface area is 116 Å². The second-order valence-corrected chi connectivity index (χ2v) is 4.19. The number of quaternary nitrogens is 1. The highest BCUT2D eigenvalue weighted by Crippen LogP contribution is 2.19. The molecular formula is C14H17N4O2+. The number of carbonyl (C=O) groups excluding carboxylic acids is 1. The number of pyridine rings is 1. The number of fused-ring (bicyclic) bond motifs is 1. The van der Waals surface area contributed by atoms with Gasteiger partial charge in [-0.05, 0) is 24.3 Å². The first-order valence-corrected chi connectivity index (χ1v) is 6.29. The molecule has 2 aromatic rings. The lowest BCUT2D eigenvalue weighted by Gasteiger charge is -2.02. The lowest BCUT2D eigenvalue weighted by molar-refractivity contribution is -0.366. The van der Waals surface area contributed by atoms with Gasteiger partial charge in [-0.15, -0.1) is 0 Å². The fraction of sp³-hybridized carbons (Fsp3) is 0.214. The summed E-state index contributed by atoms with van der Waals surface area (Å²) in [6.45, 7) is 0.553. The predicted octanol–water partition coefficient (Wildman–Crippen LogP) is 0.326. The van der Waals surface area contributed by atoms with Gasteiger partial charge in [-0.25, -0.2) is 10.4 Å². The Morgan fingerprint density at radius 2 is 2.30 bits per heavy atom. The third-order valence-corrected chi connectivity index (χ3v) is 2.71. The summed E-state index contributed by atoms with van der Waals surface area (Å²) >= 11 is 0. The third-order valence-electron chi connectivity index (χ3n) is 2.71. The normalized spacial score (nSPS) is 10.9. The monoisotopic (exact) mass is 273 g/mol. The van der Waals surface area contributed by atoms with Crippen molar-refractivity contribution in [2.24, 2.45) is 5.10 Å². The molecule has 0 atom stereocenters. The Kier molecular flexibility index (Phi) is 4.62. The quantitative estimate of drug-likeness (QED) is 0.607. The van der Waals surface area contributed by atoms with Gasteiger partial charge in [0.2, 0.25) is 5.91 Å². The first kappa shape index (κ1) is 14.0. The largest absolute Gasteiger partial charge is 0.497 e. The molecule has 1 aromatic heterocycles. The Morgan fingerprint density at radius 1 is 1.45 bits per heavy atom. The van der Waals surface area contributed by atoms with Gasteiger partial charge in [0.05, 0.1) is 37.5 Å². The van der Waals surface area contributed by atoms with Crippen LogP contribution in [0.4, 0.5) is 0 Å². The van der Waals surface area contributed by atoms with Gasteiger partial charge in [0.25, 0.3) is 0 Å². The van der Waals surface area contributed by atoms with E-state index >= 15 is 0 Å². The summed E-state index contributed by atoms with van der Waals surface area (Å²) in [6, 6.07) is 9.42. The molecule has 2 rings (SSSR count). The molecule has 0 spiro atoms. The molecular weight excluding hydrogens is 256 g/mol. The maximum absolute atomic E-state index is 11.2. The zero-order chi connectivity index (χ0) is 14.4. The molecule has 0 bridgehead atoms. The molecule has 1 aromatic carbocycles. The minimum atomic E-state index is -0.151. The SMILES string of the molecule is COc1ccc2nc(C=NNC(=O)CC[NH3+])ccc2c1. The molecule has 0 saturated heterocycles. The van der Waals surface area contributed by atoms with E-state index in [4.69, 9.17) is 4.74 Å². The Hall–Kier alpha value is -2.47. The average molecular weight is 273 g/mol. The zero-order valence-electron chi connectivity index (χ0n) is 11.3. The lowest BCUT2D eigenvalue weighted by atomic mass is 10.2. The zero-order valence-corrected chi connectivity index (χ0v) is 11.3. The fourth-order valence-electron chi connectivity index (χ4n) is 1.71. The molecule has 4 N–H and O–H groups in total. The summed E-state index contributed by atoms with van der Waals surface area (Å²) in [5.41, 5.74) is 7.56. The maximum Gasteiger partial charge on any atom is 0.245 e. The third kappa shape index (κ3) is 3.52. The van der Waals surface area contributed by atoms with Crippen molar-refractivity contribution < 1.29 is 15.3 Å². The summed E-state index contributed by atoms with van der Waals surface area (Å²) < 4.78 is 5.16. The van der Waals surface area contributed by atoms with Crippen LogP contribution in [0.2, 0.25) is 0 Å². The van der Waals surface area contributed by atoms with Crippen LogP contribution in [0.3, 0.4) is 0 Å². The molecule has 6 heteroatoms. The minimum absolute atomic E-state index is 0.151. The van der Waals surface area contributed by atoms with E-state index in [-0.39, 0.29) is 5.91 Å². The number of methoxy groups -OCH3 is 1. The van der Waals surface area contributed by atoms with E-state index in [1.807, 2.05) is 30.3 Å². The fourth-order valence-corrected chi connectivity index (χ4v) is 1.71. The number of ether oxygens (including phenoxy) is 1. The summed E-state index contributed by atoms with van der Waals surface area (Å²) in [6.07, 6.45) is 1.88. The van der Waals surface area contributed by atoms with Crippen LogP contribution < -0.4 is 15.9 Å². The molecule has 0 saturated carbocycles. The van der Waals surface area contributed by atoms with Gasteiger partial charge in [0.15, 0.2) is 0 Å². The van der Waals surface area contributed by atoms with E-state index in [9.17, 15) is 4.79 Å². The smallest absolute Gasteiger partial charge is 0.245 e.